The van der Waals surface area contributed by atoms with Gasteiger partial charge >= 0.3 is 12.1 Å². The average molecular weight is 471 g/mol. The minimum atomic E-state index is -5.19. The van der Waals surface area contributed by atoms with Crippen molar-refractivity contribution in [1.82, 2.24) is 4.57 Å². The first-order chi connectivity index (χ1) is 14.4. The third-order valence-corrected chi connectivity index (χ3v) is 7.02. The minimum absolute atomic E-state index is 0.0666. The van der Waals surface area contributed by atoms with Crippen LogP contribution in [-0.2, 0) is 21.2 Å². The van der Waals surface area contributed by atoms with Gasteiger partial charge in [-0.05, 0) is 49.2 Å². The molecule has 0 saturated heterocycles. The quantitative estimate of drug-likeness (QED) is 0.561. The first-order valence-corrected chi connectivity index (χ1v) is 10.9. The normalized spacial score (nSPS) is 12.1. The average Bonchev–Trinajstić information content (AvgIpc) is 2.93. The van der Waals surface area contributed by atoms with Crippen LogP contribution in [0.25, 0.3) is 0 Å². The van der Waals surface area contributed by atoms with Crippen molar-refractivity contribution in [2.45, 2.75) is 36.4 Å². The number of carbonyl (C=O) groups excluding carboxylic acids is 1. The predicted molar refractivity (Wildman–Crippen MR) is 111 cm³/mol. The maximum Gasteiger partial charge on any atom is 0.471 e. The van der Waals surface area contributed by atoms with E-state index < -0.39 is 27.7 Å². The molecule has 3 rings (SSSR count). The lowest BCUT2D eigenvalue weighted by atomic mass is 10.2. The maximum absolute atomic E-state index is 13.3. The molecule has 0 aliphatic rings. The van der Waals surface area contributed by atoms with Crippen LogP contribution >= 0.6 is 11.6 Å². The van der Waals surface area contributed by atoms with Gasteiger partial charge in [-0.15, -0.1) is 0 Å². The van der Waals surface area contributed by atoms with Gasteiger partial charge in [0.25, 0.3) is 0 Å². The third-order valence-electron chi connectivity index (χ3n) is 4.84. The molecule has 0 aliphatic heterocycles. The molecule has 0 bridgehead atoms. The van der Waals surface area contributed by atoms with Crippen molar-refractivity contribution in [3.63, 3.8) is 0 Å². The molecule has 5 nitrogen and oxygen atoms in total. The van der Waals surface area contributed by atoms with Crippen LogP contribution in [0.5, 0.6) is 0 Å². The second kappa shape index (κ2) is 8.39. The van der Waals surface area contributed by atoms with Crippen LogP contribution in [0, 0.1) is 13.8 Å². The van der Waals surface area contributed by atoms with E-state index >= 15 is 0 Å². The zero-order chi connectivity index (χ0) is 23.0. The molecule has 0 spiro atoms. The molecule has 3 aromatic rings. The van der Waals surface area contributed by atoms with Gasteiger partial charge in [0.1, 0.15) is 10.7 Å². The highest BCUT2D eigenvalue weighted by atomic mass is 35.5. The van der Waals surface area contributed by atoms with Crippen LogP contribution in [0.1, 0.15) is 16.8 Å². The summed E-state index contributed by atoms with van der Waals surface area (Å²) in [6.07, 6.45) is -5.19. The molecule has 1 heterocycles. The summed E-state index contributed by atoms with van der Waals surface area (Å²) in [5.41, 5.74) is 1.37. The van der Waals surface area contributed by atoms with Crippen LogP contribution in [-0.4, -0.2) is 25.1 Å². The maximum atomic E-state index is 13.3. The van der Waals surface area contributed by atoms with Gasteiger partial charge in [0.2, 0.25) is 9.84 Å². The van der Waals surface area contributed by atoms with Crippen LogP contribution in [0.4, 0.5) is 19.0 Å². The minimum Gasteiger partial charge on any atom is -0.326 e. The van der Waals surface area contributed by atoms with Gasteiger partial charge in [-0.25, -0.2) is 8.42 Å². The van der Waals surface area contributed by atoms with Crippen molar-refractivity contribution >= 4 is 33.2 Å². The summed E-state index contributed by atoms with van der Waals surface area (Å²) in [7, 11) is -4.26. The molecule has 10 heteroatoms. The van der Waals surface area contributed by atoms with Crippen molar-refractivity contribution in [3.05, 3.63) is 76.4 Å². The Bertz CT molecular complexity index is 1220. The molecule has 0 radical (unpaired) electrons. The number of anilines is 1. The summed E-state index contributed by atoms with van der Waals surface area (Å²) >= 11 is 5.83. The topological polar surface area (TPSA) is 68.2 Å². The van der Waals surface area contributed by atoms with Crippen molar-refractivity contribution in [1.29, 1.82) is 0 Å². The Kier molecular flexibility index (Phi) is 6.20. The second-order valence-corrected chi connectivity index (χ2v) is 9.19. The fourth-order valence-electron chi connectivity index (χ4n) is 3.16. The lowest BCUT2D eigenvalue weighted by Crippen LogP contribution is -2.31. The molecule has 1 aromatic heterocycles. The number of rotatable bonds is 5. The number of nitrogens with zero attached hydrogens (tertiary/aromatic N) is 1. The number of benzene rings is 2. The summed E-state index contributed by atoms with van der Waals surface area (Å²) < 4.78 is 67.1. The van der Waals surface area contributed by atoms with E-state index in [1.54, 1.807) is 42.6 Å². The Balaban J connectivity index is 2.23. The smallest absolute Gasteiger partial charge is 0.326 e. The van der Waals surface area contributed by atoms with E-state index in [2.05, 4.69) is 0 Å². The summed E-state index contributed by atoms with van der Waals surface area (Å²) in [5.74, 6) is -2.69. The summed E-state index contributed by atoms with van der Waals surface area (Å²) in [5, 5.41) is 2.09. The first kappa shape index (κ1) is 22.9. The Hall–Kier alpha value is -2.78. The number of amides is 1. The molecule has 0 unspecified atom stereocenters. The van der Waals surface area contributed by atoms with E-state index in [4.69, 9.17) is 11.6 Å². The van der Waals surface area contributed by atoms with Crippen molar-refractivity contribution in [3.8, 4) is 0 Å². The van der Waals surface area contributed by atoms with E-state index in [9.17, 15) is 26.4 Å². The molecular formula is C21H18ClF3N2O3S. The van der Waals surface area contributed by atoms with Gasteiger partial charge in [0.05, 0.1) is 4.90 Å². The Morgan fingerprint density at radius 2 is 1.61 bits per heavy atom. The van der Waals surface area contributed by atoms with Gasteiger partial charge in [0, 0.05) is 17.3 Å². The number of carbonyl (C=O) groups is 1. The molecule has 0 atom stereocenters. The number of sulfone groups is 1. The number of hydrogen-bond donors (Lipinski definition) is 1. The zero-order valence-corrected chi connectivity index (χ0v) is 18.1. The highest BCUT2D eigenvalue weighted by molar-refractivity contribution is 7.91. The van der Waals surface area contributed by atoms with Crippen molar-refractivity contribution < 1.29 is 26.4 Å². The lowest BCUT2D eigenvalue weighted by molar-refractivity contribution is -0.167. The van der Waals surface area contributed by atoms with Crippen LogP contribution in [0.15, 0.2) is 64.4 Å². The van der Waals surface area contributed by atoms with Crippen LogP contribution in [0.3, 0.4) is 0 Å². The number of alkyl halides is 3. The molecule has 0 saturated carbocycles. The van der Waals surface area contributed by atoms with Crippen LogP contribution < -0.4 is 5.32 Å². The molecule has 1 N–H and O–H groups in total. The van der Waals surface area contributed by atoms with E-state index in [1.807, 2.05) is 0 Å². The molecule has 31 heavy (non-hydrogen) atoms. The fraction of sp³-hybridized carbons (Fsp3) is 0.190. The SMILES string of the molecule is Cc1c(S(=O)(=O)c2ccc(Cl)cc2)c(NC(=O)C(F)(F)F)n(Cc2ccccc2)c1C. The standard InChI is InChI=1S/C21H18ClF3N2O3S/c1-13-14(2)27(12-15-6-4-3-5-7-15)19(26-20(28)21(23,24)25)18(13)31(29,30)17-10-8-16(22)9-11-17/h3-11H,12H2,1-2H3,(H,26,28). The van der Waals surface area contributed by atoms with Gasteiger partial charge in [-0.1, -0.05) is 41.9 Å². The van der Waals surface area contributed by atoms with E-state index in [1.165, 1.54) is 35.8 Å². The first-order valence-electron chi connectivity index (χ1n) is 9.05. The number of aromatic nitrogens is 1. The number of nitrogens with one attached hydrogen (secondary N) is 1. The zero-order valence-electron chi connectivity index (χ0n) is 16.5. The summed E-state index contributed by atoms with van der Waals surface area (Å²) in [6, 6.07) is 14.0. The van der Waals surface area contributed by atoms with E-state index in [-0.39, 0.29) is 21.9 Å². The predicted octanol–water partition coefficient (Wildman–Crippen LogP) is 5.14. The Labute approximate surface area is 182 Å². The largest absolute Gasteiger partial charge is 0.471 e. The number of halogens is 4. The highest BCUT2D eigenvalue weighted by Gasteiger charge is 2.41. The monoisotopic (exact) mass is 470 g/mol. The highest BCUT2D eigenvalue weighted by Crippen LogP contribution is 2.37. The van der Waals surface area contributed by atoms with Gasteiger partial charge in [0.15, 0.2) is 0 Å². The van der Waals surface area contributed by atoms with Gasteiger partial charge in [-0.3, -0.25) is 4.79 Å². The fourth-order valence-corrected chi connectivity index (χ4v) is 4.98. The third kappa shape index (κ3) is 4.62. The molecule has 2 aromatic carbocycles. The van der Waals surface area contributed by atoms with Crippen molar-refractivity contribution in [2.75, 3.05) is 5.32 Å². The van der Waals surface area contributed by atoms with E-state index in [0.29, 0.717) is 10.7 Å². The van der Waals surface area contributed by atoms with Crippen molar-refractivity contribution in [2.24, 2.45) is 0 Å². The van der Waals surface area contributed by atoms with Gasteiger partial charge < -0.3 is 9.88 Å². The lowest BCUT2D eigenvalue weighted by Gasteiger charge is -2.15. The van der Waals surface area contributed by atoms with Crippen LogP contribution in [0.2, 0.25) is 5.02 Å². The van der Waals surface area contributed by atoms with E-state index in [0.717, 1.165) is 5.56 Å². The molecule has 0 fully saturated rings. The number of hydrogen-bond acceptors (Lipinski definition) is 3. The summed E-state index contributed by atoms with van der Waals surface area (Å²) in [4.78, 5) is 11.2. The Morgan fingerprint density at radius 1 is 1.03 bits per heavy atom. The summed E-state index contributed by atoms with van der Waals surface area (Å²) in [6.45, 7) is 3.14. The second-order valence-electron chi connectivity index (χ2n) is 6.87. The Morgan fingerprint density at radius 3 is 2.16 bits per heavy atom. The molecule has 164 valence electrons. The molecular weight excluding hydrogens is 453 g/mol. The molecule has 1 amide bonds. The molecule has 0 aliphatic carbocycles. The van der Waals surface area contributed by atoms with Gasteiger partial charge in [-0.2, -0.15) is 13.2 Å².